The van der Waals surface area contributed by atoms with E-state index >= 15 is 0 Å². The van der Waals surface area contributed by atoms with E-state index in [9.17, 15) is 14.7 Å². The highest BCUT2D eigenvalue weighted by atomic mass is 16.3. The summed E-state index contributed by atoms with van der Waals surface area (Å²) in [6, 6.07) is 6.75. The molecule has 1 fully saturated rings. The van der Waals surface area contributed by atoms with E-state index in [1.165, 1.54) is 0 Å². The van der Waals surface area contributed by atoms with Crippen LogP contribution in [0.25, 0.3) is 0 Å². The smallest absolute Gasteiger partial charge is 0.242 e. The van der Waals surface area contributed by atoms with Crippen molar-refractivity contribution in [3.8, 4) is 5.75 Å². The van der Waals surface area contributed by atoms with Crippen molar-refractivity contribution in [2.45, 2.75) is 19.4 Å². The molecule has 1 aliphatic rings. The van der Waals surface area contributed by atoms with Gasteiger partial charge in [0.1, 0.15) is 5.75 Å². The van der Waals surface area contributed by atoms with Gasteiger partial charge in [-0.1, -0.05) is 12.1 Å². The molecule has 2 amide bonds. The average molecular weight is 262 g/mol. The normalized spacial score (nSPS) is 14.8. The molecule has 5 nitrogen and oxygen atoms in total. The SMILES string of the molecule is CN(Cc1ccc(O)cc1)C(=O)CN1CCCC1=O. The molecular formula is C14H18N2O3. The number of amides is 2. The van der Waals surface area contributed by atoms with Crippen molar-refractivity contribution in [1.29, 1.82) is 0 Å². The Morgan fingerprint density at radius 1 is 1.37 bits per heavy atom. The van der Waals surface area contributed by atoms with Crippen molar-refractivity contribution >= 4 is 11.8 Å². The quantitative estimate of drug-likeness (QED) is 0.879. The molecule has 2 rings (SSSR count). The fraction of sp³-hybridized carbons (Fsp3) is 0.429. The summed E-state index contributed by atoms with van der Waals surface area (Å²) >= 11 is 0. The zero-order chi connectivity index (χ0) is 13.8. The lowest BCUT2D eigenvalue weighted by Crippen LogP contribution is -2.38. The summed E-state index contributed by atoms with van der Waals surface area (Å²) in [4.78, 5) is 26.7. The highest BCUT2D eigenvalue weighted by molar-refractivity contribution is 5.85. The van der Waals surface area contributed by atoms with Gasteiger partial charge < -0.3 is 14.9 Å². The van der Waals surface area contributed by atoms with Crippen molar-refractivity contribution in [2.24, 2.45) is 0 Å². The van der Waals surface area contributed by atoms with Gasteiger partial charge in [0.15, 0.2) is 0 Å². The van der Waals surface area contributed by atoms with Crippen LogP contribution in [0.4, 0.5) is 0 Å². The topological polar surface area (TPSA) is 60.9 Å². The first kappa shape index (κ1) is 13.4. The van der Waals surface area contributed by atoms with E-state index in [1.807, 2.05) is 0 Å². The van der Waals surface area contributed by atoms with Crippen LogP contribution in [0.5, 0.6) is 5.75 Å². The van der Waals surface area contributed by atoms with E-state index in [2.05, 4.69) is 0 Å². The standard InChI is InChI=1S/C14H18N2O3/c1-15(9-11-4-6-12(17)7-5-11)14(19)10-16-8-2-3-13(16)18/h4-7,17H,2-3,8-10H2,1H3. The third-order valence-corrected chi connectivity index (χ3v) is 3.28. The lowest BCUT2D eigenvalue weighted by atomic mass is 10.2. The maximum absolute atomic E-state index is 12.0. The van der Waals surface area contributed by atoms with Crippen LogP contribution >= 0.6 is 0 Å². The number of carbonyl (C=O) groups excluding carboxylic acids is 2. The van der Waals surface area contributed by atoms with Crippen molar-refractivity contribution in [3.63, 3.8) is 0 Å². The first-order chi connectivity index (χ1) is 9.06. The fourth-order valence-corrected chi connectivity index (χ4v) is 2.12. The number of rotatable bonds is 4. The largest absolute Gasteiger partial charge is 0.508 e. The predicted molar refractivity (Wildman–Crippen MR) is 70.4 cm³/mol. The van der Waals surface area contributed by atoms with E-state index < -0.39 is 0 Å². The van der Waals surface area contributed by atoms with Crippen molar-refractivity contribution in [3.05, 3.63) is 29.8 Å². The Kier molecular flexibility index (Phi) is 4.04. The Labute approximate surface area is 112 Å². The number of hydrogen-bond donors (Lipinski definition) is 1. The molecule has 0 aliphatic carbocycles. The Balaban J connectivity index is 1.88. The predicted octanol–water partition coefficient (Wildman–Crippen LogP) is 0.973. The Morgan fingerprint density at radius 3 is 2.63 bits per heavy atom. The average Bonchev–Trinajstić information content (AvgIpc) is 2.78. The van der Waals surface area contributed by atoms with Crippen LogP contribution in [0.3, 0.4) is 0 Å². The van der Waals surface area contributed by atoms with Gasteiger partial charge in [-0.15, -0.1) is 0 Å². The van der Waals surface area contributed by atoms with Gasteiger partial charge >= 0.3 is 0 Å². The van der Waals surface area contributed by atoms with Crippen molar-refractivity contribution in [2.75, 3.05) is 20.1 Å². The molecule has 1 aromatic carbocycles. The number of phenols is 1. The molecule has 1 N–H and O–H groups in total. The monoisotopic (exact) mass is 262 g/mol. The maximum atomic E-state index is 12.0. The summed E-state index contributed by atoms with van der Waals surface area (Å²) < 4.78 is 0. The van der Waals surface area contributed by atoms with Gasteiger partial charge in [-0.25, -0.2) is 0 Å². The molecule has 0 radical (unpaired) electrons. The second-order valence-electron chi connectivity index (χ2n) is 4.84. The summed E-state index contributed by atoms with van der Waals surface area (Å²) in [7, 11) is 1.72. The highest BCUT2D eigenvalue weighted by Gasteiger charge is 2.23. The van der Waals surface area contributed by atoms with Gasteiger partial charge in [0.2, 0.25) is 11.8 Å². The van der Waals surface area contributed by atoms with Crippen LogP contribution in [-0.2, 0) is 16.1 Å². The van der Waals surface area contributed by atoms with Gasteiger partial charge in [0, 0.05) is 26.6 Å². The number of likely N-dealkylation sites (tertiary alicyclic amines) is 1. The summed E-state index contributed by atoms with van der Waals surface area (Å²) in [6.45, 7) is 1.31. The number of nitrogens with zero attached hydrogens (tertiary/aromatic N) is 2. The molecule has 0 unspecified atom stereocenters. The third kappa shape index (κ3) is 3.47. The summed E-state index contributed by atoms with van der Waals surface area (Å²) in [5, 5.41) is 9.19. The number of likely N-dealkylation sites (N-methyl/N-ethyl adjacent to an activating group) is 1. The molecule has 1 aromatic rings. The zero-order valence-electron chi connectivity index (χ0n) is 11.0. The number of carbonyl (C=O) groups is 2. The number of hydrogen-bond acceptors (Lipinski definition) is 3. The fourth-order valence-electron chi connectivity index (χ4n) is 2.12. The Morgan fingerprint density at radius 2 is 2.05 bits per heavy atom. The van der Waals surface area contributed by atoms with Crippen LogP contribution in [0.1, 0.15) is 18.4 Å². The van der Waals surface area contributed by atoms with Gasteiger partial charge in [-0.05, 0) is 24.1 Å². The second-order valence-corrected chi connectivity index (χ2v) is 4.84. The summed E-state index contributed by atoms with van der Waals surface area (Å²) in [5.74, 6) is 0.204. The van der Waals surface area contributed by atoms with Crippen molar-refractivity contribution in [1.82, 2.24) is 9.80 Å². The number of benzene rings is 1. The van der Waals surface area contributed by atoms with Crippen LogP contribution in [0.2, 0.25) is 0 Å². The molecule has 1 heterocycles. The first-order valence-electron chi connectivity index (χ1n) is 6.36. The van der Waals surface area contributed by atoms with Gasteiger partial charge in [-0.3, -0.25) is 9.59 Å². The van der Waals surface area contributed by atoms with Crippen molar-refractivity contribution < 1.29 is 14.7 Å². The molecule has 102 valence electrons. The lowest BCUT2D eigenvalue weighted by molar-refractivity contribution is -0.137. The molecule has 5 heteroatoms. The van der Waals surface area contributed by atoms with E-state index in [0.29, 0.717) is 19.5 Å². The van der Waals surface area contributed by atoms with Crippen LogP contribution in [0.15, 0.2) is 24.3 Å². The molecule has 19 heavy (non-hydrogen) atoms. The third-order valence-electron chi connectivity index (χ3n) is 3.28. The first-order valence-corrected chi connectivity index (χ1v) is 6.36. The number of phenolic OH excluding ortho intramolecular Hbond substituents is 1. The molecule has 0 bridgehead atoms. The van der Waals surface area contributed by atoms with Crippen LogP contribution in [0, 0.1) is 0 Å². The van der Waals surface area contributed by atoms with Gasteiger partial charge in [0.05, 0.1) is 6.54 Å². The summed E-state index contributed by atoms with van der Waals surface area (Å²) in [5.41, 5.74) is 0.946. The highest BCUT2D eigenvalue weighted by Crippen LogP contribution is 2.12. The lowest BCUT2D eigenvalue weighted by Gasteiger charge is -2.21. The molecule has 1 saturated heterocycles. The minimum absolute atomic E-state index is 0.0615. The Hall–Kier alpha value is -2.04. The summed E-state index contributed by atoms with van der Waals surface area (Å²) in [6.07, 6.45) is 1.39. The van der Waals surface area contributed by atoms with E-state index in [-0.39, 0.29) is 24.1 Å². The molecule has 0 saturated carbocycles. The molecule has 0 atom stereocenters. The Bertz CT molecular complexity index is 470. The van der Waals surface area contributed by atoms with Gasteiger partial charge in [-0.2, -0.15) is 0 Å². The van der Waals surface area contributed by atoms with E-state index in [4.69, 9.17) is 0 Å². The minimum atomic E-state index is -0.0664. The minimum Gasteiger partial charge on any atom is -0.508 e. The van der Waals surface area contributed by atoms with Crippen LogP contribution < -0.4 is 0 Å². The molecular weight excluding hydrogens is 244 g/mol. The van der Waals surface area contributed by atoms with E-state index in [1.54, 1.807) is 41.1 Å². The van der Waals surface area contributed by atoms with E-state index in [0.717, 1.165) is 12.0 Å². The molecule has 0 spiro atoms. The van der Waals surface area contributed by atoms with Gasteiger partial charge in [0.25, 0.3) is 0 Å². The number of aromatic hydroxyl groups is 1. The molecule has 0 aromatic heterocycles. The maximum Gasteiger partial charge on any atom is 0.242 e. The molecule has 1 aliphatic heterocycles. The zero-order valence-corrected chi connectivity index (χ0v) is 11.0. The van der Waals surface area contributed by atoms with Crippen LogP contribution in [-0.4, -0.2) is 46.9 Å². The second kappa shape index (κ2) is 5.73.